The summed E-state index contributed by atoms with van der Waals surface area (Å²) >= 11 is 0. The second-order valence-electron chi connectivity index (χ2n) is 8.67. The number of hydrogen-bond donors (Lipinski definition) is 10. The highest BCUT2D eigenvalue weighted by atomic mass is 16.4. The lowest BCUT2D eigenvalue weighted by atomic mass is 10.1. The number of carbonyl (C=O) groups excluding carboxylic acids is 3. The molecule has 4 atom stereocenters. The Morgan fingerprint density at radius 3 is 1.82 bits per heavy atom. The van der Waals surface area contributed by atoms with Crippen molar-refractivity contribution in [2.24, 2.45) is 32.9 Å². The number of aliphatic imine (C=N–C) groups is 2. The van der Waals surface area contributed by atoms with E-state index in [-0.39, 0.29) is 50.7 Å². The van der Waals surface area contributed by atoms with Crippen LogP contribution in [0.25, 0.3) is 0 Å². The molecule has 38 heavy (non-hydrogen) atoms. The molecule has 0 saturated carbocycles. The lowest BCUT2D eigenvalue weighted by Gasteiger charge is -2.24. The van der Waals surface area contributed by atoms with Crippen LogP contribution in [0.3, 0.4) is 0 Å². The number of carbonyl (C=O) groups is 5. The molecule has 1 saturated heterocycles. The molecule has 17 heteroatoms. The largest absolute Gasteiger partial charge is 0.481 e. The van der Waals surface area contributed by atoms with Gasteiger partial charge in [0.25, 0.3) is 0 Å². The van der Waals surface area contributed by atoms with Crippen molar-refractivity contribution in [1.82, 2.24) is 21.3 Å². The molecule has 0 bridgehead atoms. The zero-order valence-electron chi connectivity index (χ0n) is 21.0. The van der Waals surface area contributed by atoms with Crippen LogP contribution in [0.5, 0.6) is 0 Å². The number of nitrogens with one attached hydrogen (secondary N) is 4. The lowest BCUT2D eigenvalue weighted by molar-refractivity contribution is -0.143. The second-order valence-corrected chi connectivity index (χ2v) is 8.67. The van der Waals surface area contributed by atoms with Crippen molar-refractivity contribution < 1.29 is 34.2 Å². The highest BCUT2D eigenvalue weighted by molar-refractivity contribution is 5.95. The van der Waals surface area contributed by atoms with E-state index in [0.717, 1.165) is 6.42 Å². The van der Waals surface area contributed by atoms with Gasteiger partial charge in [-0.15, -0.1) is 0 Å². The Bertz CT molecular complexity index is 897. The molecule has 17 nitrogen and oxygen atoms in total. The fraction of sp³-hybridized carbons (Fsp3) is 0.667. The molecule has 0 spiro atoms. The van der Waals surface area contributed by atoms with Crippen LogP contribution in [0, 0.1) is 0 Å². The first-order chi connectivity index (χ1) is 17.9. The molecule has 0 radical (unpaired) electrons. The van der Waals surface area contributed by atoms with Gasteiger partial charge in [0.15, 0.2) is 11.9 Å². The van der Waals surface area contributed by atoms with Crippen LogP contribution in [0.1, 0.15) is 44.9 Å². The maximum atomic E-state index is 13.0. The number of hydrogen-bond acceptors (Lipinski definition) is 8. The summed E-state index contributed by atoms with van der Waals surface area (Å²) in [4.78, 5) is 69.0. The van der Waals surface area contributed by atoms with Gasteiger partial charge in [-0.1, -0.05) is 0 Å². The summed E-state index contributed by atoms with van der Waals surface area (Å²) < 4.78 is 0. The van der Waals surface area contributed by atoms with E-state index in [1.165, 1.54) is 0 Å². The Kier molecular flexibility index (Phi) is 13.9. The summed E-state index contributed by atoms with van der Waals surface area (Å²) in [7, 11) is 0. The summed E-state index contributed by atoms with van der Waals surface area (Å²) in [5.41, 5.74) is 21.1. The Morgan fingerprint density at radius 2 is 1.34 bits per heavy atom. The molecule has 4 unspecified atom stereocenters. The molecule has 0 aliphatic carbocycles. The molecule has 214 valence electrons. The summed E-state index contributed by atoms with van der Waals surface area (Å²) in [5.74, 6) is -5.26. The fourth-order valence-corrected chi connectivity index (χ4v) is 3.64. The van der Waals surface area contributed by atoms with Gasteiger partial charge >= 0.3 is 11.9 Å². The fourth-order valence-electron chi connectivity index (χ4n) is 3.64. The molecule has 14 N–H and O–H groups in total. The molecule has 0 aromatic rings. The van der Waals surface area contributed by atoms with E-state index in [1.807, 2.05) is 0 Å². The highest BCUT2D eigenvalue weighted by Gasteiger charge is 2.32. The SMILES string of the molecule is NC(N)=NCCCC(NC(=O)C(CCCN=C(N)N)NC(=O)C(CC(=O)O)NC(=O)C1CCCN1)C(=O)O. The smallest absolute Gasteiger partial charge is 0.326 e. The van der Waals surface area contributed by atoms with Gasteiger partial charge in [-0.25, -0.2) is 4.79 Å². The Labute approximate surface area is 219 Å². The maximum Gasteiger partial charge on any atom is 0.326 e. The summed E-state index contributed by atoms with van der Waals surface area (Å²) in [6.07, 6.45) is 1.02. The van der Waals surface area contributed by atoms with Crippen LogP contribution >= 0.6 is 0 Å². The van der Waals surface area contributed by atoms with Gasteiger partial charge in [0.05, 0.1) is 12.5 Å². The van der Waals surface area contributed by atoms with E-state index in [0.29, 0.717) is 13.0 Å². The van der Waals surface area contributed by atoms with Crippen LogP contribution in [0.15, 0.2) is 9.98 Å². The van der Waals surface area contributed by atoms with Crippen molar-refractivity contribution in [2.45, 2.75) is 69.1 Å². The van der Waals surface area contributed by atoms with E-state index >= 15 is 0 Å². The number of amides is 3. The number of guanidine groups is 2. The first-order valence-corrected chi connectivity index (χ1v) is 12.1. The van der Waals surface area contributed by atoms with Crippen LogP contribution in [0.4, 0.5) is 0 Å². The number of nitrogens with two attached hydrogens (primary N) is 4. The van der Waals surface area contributed by atoms with Gasteiger partial charge in [-0.3, -0.25) is 29.2 Å². The van der Waals surface area contributed by atoms with E-state index in [9.17, 15) is 34.2 Å². The number of carboxylic acids is 2. The van der Waals surface area contributed by atoms with Crippen LogP contribution in [-0.4, -0.2) is 95.6 Å². The molecular formula is C21H38N10O7. The number of nitrogens with zero attached hydrogens (tertiary/aromatic N) is 2. The number of rotatable bonds is 17. The van der Waals surface area contributed by atoms with Crippen molar-refractivity contribution >= 4 is 41.6 Å². The minimum Gasteiger partial charge on any atom is -0.481 e. The molecule has 1 fully saturated rings. The molecule has 3 amide bonds. The van der Waals surface area contributed by atoms with E-state index in [1.54, 1.807) is 0 Å². The third kappa shape index (κ3) is 12.7. The van der Waals surface area contributed by atoms with Gasteiger partial charge in [-0.05, 0) is 45.1 Å². The zero-order valence-corrected chi connectivity index (χ0v) is 21.0. The molecular weight excluding hydrogens is 504 g/mol. The van der Waals surface area contributed by atoms with Gasteiger partial charge in [0.2, 0.25) is 17.7 Å². The minimum atomic E-state index is -1.47. The summed E-state index contributed by atoms with van der Waals surface area (Å²) in [6, 6.07) is -4.61. The van der Waals surface area contributed by atoms with E-state index in [4.69, 9.17) is 22.9 Å². The summed E-state index contributed by atoms with van der Waals surface area (Å²) in [5, 5.41) is 28.9. The Balaban J connectivity index is 2.96. The third-order valence-electron chi connectivity index (χ3n) is 5.53. The zero-order chi connectivity index (χ0) is 28.7. The lowest BCUT2D eigenvalue weighted by Crippen LogP contribution is -2.57. The average Bonchev–Trinajstić information content (AvgIpc) is 3.36. The third-order valence-corrected chi connectivity index (χ3v) is 5.53. The molecule has 1 aliphatic rings. The minimum absolute atomic E-state index is 0.00138. The van der Waals surface area contributed by atoms with Crippen LogP contribution in [0.2, 0.25) is 0 Å². The topological polar surface area (TPSA) is 303 Å². The van der Waals surface area contributed by atoms with Crippen molar-refractivity contribution in [1.29, 1.82) is 0 Å². The molecule has 0 aromatic carbocycles. The van der Waals surface area contributed by atoms with Crippen molar-refractivity contribution in [3.8, 4) is 0 Å². The van der Waals surface area contributed by atoms with Crippen molar-refractivity contribution in [2.75, 3.05) is 19.6 Å². The first kappa shape index (κ1) is 31.9. The Morgan fingerprint density at radius 1 is 0.816 bits per heavy atom. The maximum absolute atomic E-state index is 13.0. The normalized spacial score (nSPS) is 16.8. The van der Waals surface area contributed by atoms with E-state index in [2.05, 4.69) is 31.3 Å². The first-order valence-electron chi connectivity index (χ1n) is 12.1. The Hall–Kier alpha value is -4.15. The molecule has 1 heterocycles. The predicted molar refractivity (Wildman–Crippen MR) is 137 cm³/mol. The number of carboxylic acid groups (broad SMARTS) is 2. The average molecular weight is 543 g/mol. The van der Waals surface area contributed by atoms with Gasteiger partial charge < -0.3 is 54.4 Å². The van der Waals surface area contributed by atoms with Gasteiger partial charge in [0, 0.05) is 13.1 Å². The second kappa shape index (κ2) is 16.6. The molecule has 0 aromatic heterocycles. The quantitative estimate of drug-likeness (QED) is 0.0476. The number of aliphatic carboxylic acids is 2. The standard InChI is InChI=1S/C21H38N10O7/c22-20(23)27-8-2-5-12(17(35)30-13(19(37)38)6-3-9-28-21(24)25)29-18(36)14(10-15(32)33)31-16(34)11-4-1-7-26-11/h11-14,26H,1-10H2,(H,29,36)(H,30,35)(H,31,34)(H,32,33)(H,37,38)(H4,22,23,27)(H4,24,25,28). The molecule has 1 aliphatic heterocycles. The van der Waals surface area contributed by atoms with Gasteiger partial charge in [0.1, 0.15) is 18.1 Å². The van der Waals surface area contributed by atoms with Crippen LogP contribution in [-0.2, 0) is 24.0 Å². The monoisotopic (exact) mass is 542 g/mol. The summed E-state index contributed by atoms with van der Waals surface area (Å²) in [6.45, 7) is 0.876. The van der Waals surface area contributed by atoms with Gasteiger partial charge in [-0.2, -0.15) is 0 Å². The van der Waals surface area contributed by atoms with Crippen molar-refractivity contribution in [3.05, 3.63) is 0 Å². The van der Waals surface area contributed by atoms with Crippen LogP contribution < -0.4 is 44.2 Å². The highest BCUT2D eigenvalue weighted by Crippen LogP contribution is 2.08. The van der Waals surface area contributed by atoms with E-state index < -0.39 is 60.2 Å². The predicted octanol–water partition coefficient (Wildman–Crippen LogP) is -4.14. The van der Waals surface area contributed by atoms with Crippen molar-refractivity contribution in [3.63, 3.8) is 0 Å². The molecule has 1 rings (SSSR count).